The lowest BCUT2D eigenvalue weighted by molar-refractivity contribution is -0.156. The molecular weight excluding hydrogens is 410 g/mol. The second-order valence-corrected chi connectivity index (χ2v) is 8.83. The molecule has 1 saturated carbocycles. The minimum absolute atomic E-state index is 0.0291. The first-order valence-electron chi connectivity index (χ1n) is 11.5. The van der Waals surface area contributed by atoms with Crippen LogP contribution in [0.5, 0.6) is 0 Å². The van der Waals surface area contributed by atoms with Crippen molar-refractivity contribution in [1.82, 2.24) is 25.0 Å². The number of aryl methyl sites for hydroxylation is 2. The van der Waals surface area contributed by atoms with Crippen LogP contribution in [-0.2, 0) is 25.5 Å². The third kappa shape index (κ3) is 4.96. The van der Waals surface area contributed by atoms with Crippen molar-refractivity contribution in [2.24, 2.45) is 0 Å². The Morgan fingerprint density at radius 2 is 2.16 bits per heavy atom. The van der Waals surface area contributed by atoms with E-state index in [1.54, 1.807) is 14.2 Å². The van der Waals surface area contributed by atoms with Crippen molar-refractivity contribution in [3.05, 3.63) is 23.5 Å². The number of amides is 1. The first-order chi connectivity index (χ1) is 15.5. The van der Waals surface area contributed by atoms with E-state index >= 15 is 0 Å². The molecule has 176 valence electrons. The quantitative estimate of drug-likeness (QED) is 0.558. The summed E-state index contributed by atoms with van der Waals surface area (Å²) in [6.07, 6.45) is 4.17. The van der Waals surface area contributed by atoms with Gasteiger partial charge in [0, 0.05) is 51.9 Å². The number of pyridine rings is 1. The summed E-state index contributed by atoms with van der Waals surface area (Å²) < 4.78 is 18.4. The summed E-state index contributed by atoms with van der Waals surface area (Å²) in [5.74, 6) is 0.0291. The molecule has 0 unspecified atom stereocenters. The number of aromatic nitrogens is 3. The van der Waals surface area contributed by atoms with Crippen LogP contribution in [0.15, 0.2) is 12.3 Å². The maximum absolute atomic E-state index is 13.5. The standard InChI is InChI=1S/C23H35N5O4/c1-15-10-20(26-22-19(15)12-25-27(22)8-5-9-30-3)16(2)28(17-6-7-17)23(29)21-13-24-11-18(32-21)14-31-4/h10,12,16-18,21,24H,5-9,11,13-14H2,1-4H3/t16-,18+,21-/m1/s1. The van der Waals surface area contributed by atoms with Crippen LogP contribution in [-0.4, -0.2) is 84.3 Å². The van der Waals surface area contributed by atoms with Gasteiger partial charge < -0.3 is 24.4 Å². The van der Waals surface area contributed by atoms with E-state index in [1.165, 1.54) is 0 Å². The molecule has 4 rings (SSSR count). The maximum atomic E-state index is 13.5. The van der Waals surface area contributed by atoms with E-state index in [2.05, 4.69) is 30.3 Å². The number of nitrogens with zero attached hydrogens (tertiary/aromatic N) is 4. The molecule has 3 atom stereocenters. The Balaban J connectivity index is 1.57. The summed E-state index contributed by atoms with van der Waals surface area (Å²) in [5.41, 5.74) is 2.87. The molecule has 2 aromatic heterocycles. The Labute approximate surface area is 189 Å². The third-order valence-electron chi connectivity index (χ3n) is 6.28. The average molecular weight is 446 g/mol. The van der Waals surface area contributed by atoms with E-state index in [0.717, 1.165) is 48.1 Å². The van der Waals surface area contributed by atoms with Gasteiger partial charge in [0.05, 0.1) is 30.6 Å². The van der Waals surface area contributed by atoms with Gasteiger partial charge in [0.15, 0.2) is 5.65 Å². The van der Waals surface area contributed by atoms with Crippen molar-refractivity contribution in [3.8, 4) is 0 Å². The topological polar surface area (TPSA) is 90.7 Å². The molecule has 2 aliphatic rings. The molecular formula is C23H35N5O4. The van der Waals surface area contributed by atoms with Crippen LogP contribution in [0.3, 0.4) is 0 Å². The van der Waals surface area contributed by atoms with Gasteiger partial charge in [0.1, 0.15) is 6.10 Å². The summed E-state index contributed by atoms with van der Waals surface area (Å²) in [6, 6.07) is 2.19. The van der Waals surface area contributed by atoms with Gasteiger partial charge >= 0.3 is 0 Å². The van der Waals surface area contributed by atoms with Gasteiger partial charge in [-0.05, 0) is 44.7 Å². The van der Waals surface area contributed by atoms with E-state index in [4.69, 9.17) is 19.2 Å². The molecule has 1 amide bonds. The summed E-state index contributed by atoms with van der Waals surface area (Å²) in [4.78, 5) is 20.5. The molecule has 9 heteroatoms. The molecule has 1 N–H and O–H groups in total. The second kappa shape index (κ2) is 10.2. The largest absolute Gasteiger partial charge is 0.385 e. The maximum Gasteiger partial charge on any atom is 0.253 e. The van der Waals surface area contributed by atoms with Crippen LogP contribution >= 0.6 is 0 Å². The van der Waals surface area contributed by atoms with Gasteiger partial charge in [-0.25, -0.2) is 9.67 Å². The average Bonchev–Trinajstić information content (AvgIpc) is 3.54. The number of nitrogens with one attached hydrogen (secondary N) is 1. The van der Waals surface area contributed by atoms with Gasteiger partial charge in [-0.2, -0.15) is 5.10 Å². The third-order valence-corrected chi connectivity index (χ3v) is 6.28. The summed E-state index contributed by atoms with van der Waals surface area (Å²) >= 11 is 0. The fourth-order valence-electron chi connectivity index (χ4n) is 4.45. The molecule has 9 nitrogen and oxygen atoms in total. The van der Waals surface area contributed by atoms with Crippen LogP contribution in [0.2, 0.25) is 0 Å². The first kappa shape index (κ1) is 23.1. The number of rotatable bonds is 10. The van der Waals surface area contributed by atoms with Crippen molar-refractivity contribution in [2.45, 2.75) is 63.9 Å². The fraction of sp³-hybridized carbons (Fsp3) is 0.696. The zero-order valence-corrected chi connectivity index (χ0v) is 19.5. The van der Waals surface area contributed by atoms with Crippen molar-refractivity contribution in [3.63, 3.8) is 0 Å². The number of morpholine rings is 1. The number of hydrogen-bond acceptors (Lipinski definition) is 7. The van der Waals surface area contributed by atoms with Gasteiger partial charge in [0.25, 0.3) is 5.91 Å². The molecule has 2 aromatic rings. The molecule has 1 aliphatic carbocycles. The van der Waals surface area contributed by atoms with Gasteiger partial charge in [-0.3, -0.25) is 4.79 Å². The molecule has 1 saturated heterocycles. The lowest BCUT2D eigenvalue weighted by Gasteiger charge is -2.36. The zero-order valence-electron chi connectivity index (χ0n) is 19.5. The Morgan fingerprint density at radius 3 is 2.88 bits per heavy atom. The monoisotopic (exact) mass is 445 g/mol. The highest BCUT2D eigenvalue weighted by Gasteiger charge is 2.41. The predicted octanol–water partition coefficient (Wildman–Crippen LogP) is 1.83. The number of carbonyl (C=O) groups is 1. The van der Waals surface area contributed by atoms with Crippen molar-refractivity contribution in [2.75, 3.05) is 40.5 Å². The number of methoxy groups -OCH3 is 2. The van der Waals surface area contributed by atoms with Crippen LogP contribution in [0.1, 0.15) is 43.5 Å². The molecule has 0 radical (unpaired) electrons. The zero-order chi connectivity index (χ0) is 22.7. The van der Waals surface area contributed by atoms with E-state index in [-0.39, 0.29) is 24.1 Å². The fourth-order valence-corrected chi connectivity index (χ4v) is 4.45. The van der Waals surface area contributed by atoms with Crippen LogP contribution < -0.4 is 5.32 Å². The molecule has 0 spiro atoms. The summed E-state index contributed by atoms with van der Waals surface area (Å²) in [5, 5.41) is 8.89. The smallest absolute Gasteiger partial charge is 0.253 e. The molecule has 1 aliphatic heterocycles. The van der Waals surface area contributed by atoms with Gasteiger partial charge in [-0.15, -0.1) is 0 Å². The normalized spacial score (nSPS) is 22.2. The number of carbonyl (C=O) groups excluding carboxylic acids is 1. The second-order valence-electron chi connectivity index (χ2n) is 8.83. The van der Waals surface area contributed by atoms with Crippen molar-refractivity contribution in [1.29, 1.82) is 0 Å². The highest BCUT2D eigenvalue weighted by atomic mass is 16.5. The molecule has 0 bridgehead atoms. The van der Waals surface area contributed by atoms with Crippen molar-refractivity contribution < 1.29 is 19.0 Å². The Kier molecular flexibility index (Phi) is 7.40. The van der Waals surface area contributed by atoms with Crippen LogP contribution in [0.4, 0.5) is 0 Å². The first-order valence-corrected chi connectivity index (χ1v) is 11.5. The highest BCUT2D eigenvalue weighted by molar-refractivity contribution is 5.83. The minimum Gasteiger partial charge on any atom is -0.385 e. The van der Waals surface area contributed by atoms with Crippen LogP contribution in [0.25, 0.3) is 11.0 Å². The molecule has 32 heavy (non-hydrogen) atoms. The molecule has 0 aromatic carbocycles. The van der Waals surface area contributed by atoms with E-state index < -0.39 is 6.10 Å². The van der Waals surface area contributed by atoms with E-state index in [1.807, 2.05) is 15.8 Å². The number of fused-ring (bicyclic) bond motifs is 1. The Bertz CT molecular complexity index is 926. The van der Waals surface area contributed by atoms with E-state index in [9.17, 15) is 4.79 Å². The molecule has 3 heterocycles. The minimum atomic E-state index is -0.503. The highest BCUT2D eigenvalue weighted by Crippen LogP contribution is 2.36. The molecule has 2 fully saturated rings. The summed E-state index contributed by atoms with van der Waals surface area (Å²) in [7, 11) is 3.35. The van der Waals surface area contributed by atoms with Crippen molar-refractivity contribution >= 4 is 16.9 Å². The number of hydrogen-bond donors (Lipinski definition) is 1. The summed E-state index contributed by atoms with van der Waals surface area (Å²) in [6.45, 7) is 7.26. The number of ether oxygens (including phenoxy) is 3. The SMILES string of the molecule is COCCCn1ncc2c(C)cc([C@@H](C)N(C(=O)[C@H]3CNC[C@@H](COC)O3)C3CC3)nc21. The Morgan fingerprint density at radius 1 is 1.34 bits per heavy atom. The van der Waals surface area contributed by atoms with E-state index in [0.29, 0.717) is 26.3 Å². The van der Waals surface area contributed by atoms with Crippen LogP contribution in [0, 0.1) is 6.92 Å². The predicted molar refractivity (Wildman–Crippen MR) is 120 cm³/mol. The lowest BCUT2D eigenvalue weighted by atomic mass is 10.1. The Hall–Kier alpha value is -2.07. The lowest BCUT2D eigenvalue weighted by Crippen LogP contribution is -2.54. The van der Waals surface area contributed by atoms with Gasteiger partial charge in [0.2, 0.25) is 0 Å². The van der Waals surface area contributed by atoms with Gasteiger partial charge in [-0.1, -0.05) is 0 Å².